The molecule has 0 radical (unpaired) electrons. The standard InChI is InChI=1S/C14H18ClN3O3/c1-7-11(15)12(16-17(7)2)13(19)18-5-9(8-3-4-8)10(6-18)14(20)21/h8-10H,3-6H2,1-2H3,(H,20,21)/t9-,10+/m1/s1. The second-order valence-electron chi connectivity index (χ2n) is 6.03. The monoisotopic (exact) mass is 311 g/mol. The summed E-state index contributed by atoms with van der Waals surface area (Å²) in [5.74, 6) is -1.03. The van der Waals surface area contributed by atoms with Crippen LogP contribution in [0.4, 0.5) is 0 Å². The van der Waals surface area contributed by atoms with Crippen molar-refractivity contribution in [1.82, 2.24) is 14.7 Å². The van der Waals surface area contributed by atoms with Crippen LogP contribution in [0.2, 0.25) is 5.02 Å². The van der Waals surface area contributed by atoms with Gasteiger partial charge in [-0.2, -0.15) is 5.10 Å². The highest BCUT2D eigenvalue weighted by Crippen LogP contribution is 2.44. The summed E-state index contributed by atoms with van der Waals surface area (Å²) in [7, 11) is 1.73. The highest BCUT2D eigenvalue weighted by Gasteiger charge is 2.47. The van der Waals surface area contributed by atoms with Gasteiger partial charge in [-0.3, -0.25) is 14.3 Å². The van der Waals surface area contributed by atoms with Crippen molar-refractivity contribution < 1.29 is 14.7 Å². The van der Waals surface area contributed by atoms with Gasteiger partial charge in [0.25, 0.3) is 5.91 Å². The lowest BCUT2D eigenvalue weighted by atomic mass is 9.92. The van der Waals surface area contributed by atoms with Gasteiger partial charge in [0.05, 0.1) is 16.6 Å². The van der Waals surface area contributed by atoms with Crippen LogP contribution < -0.4 is 0 Å². The van der Waals surface area contributed by atoms with E-state index in [4.69, 9.17) is 11.6 Å². The molecule has 0 unspecified atom stereocenters. The first-order valence-electron chi connectivity index (χ1n) is 7.11. The lowest BCUT2D eigenvalue weighted by Gasteiger charge is -2.14. The number of carboxylic acid groups (broad SMARTS) is 1. The number of carbonyl (C=O) groups excluding carboxylic acids is 1. The van der Waals surface area contributed by atoms with Gasteiger partial charge in [0.1, 0.15) is 0 Å². The van der Waals surface area contributed by atoms with Crippen LogP contribution in [-0.4, -0.2) is 44.8 Å². The highest BCUT2D eigenvalue weighted by atomic mass is 35.5. The molecule has 2 atom stereocenters. The van der Waals surface area contributed by atoms with Gasteiger partial charge in [-0.05, 0) is 31.6 Å². The molecule has 114 valence electrons. The number of aliphatic carboxylic acids is 1. The minimum Gasteiger partial charge on any atom is -0.481 e. The molecule has 1 amide bonds. The van der Waals surface area contributed by atoms with Gasteiger partial charge in [0, 0.05) is 20.1 Å². The summed E-state index contributed by atoms with van der Waals surface area (Å²) >= 11 is 6.15. The van der Waals surface area contributed by atoms with E-state index in [1.165, 1.54) is 0 Å². The minimum absolute atomic E-state index is 0.0648. The quantitative estimate of drug-likeness (QED) is 0.919. The van der Waals surface area contributed by atoms with E-state index in [0.717, 1.165) is 18.5 Å². The van der Waals surface area contributed by atoms with Crippen molar-refractivity contribution in [3.8, 4) is 0 Å². The lowest BCUT2D eigenvalue weighted by molar-refractivity contribution is -0.142. The molecule has 2 fully saturated rings. The summed E-state index contributed by atoms with van der Waals surface area (Å²) < 4.78 is 1.57. The summed E-state index contributed by atoms with van der Waals surface area (Å²) in [6, 6.07) is 0. The molecule has 0 spiro atoms. The van der Waals surface area contributed by atoms with E-state index in [1.807, 2.05) is 0 Å². The fraction of sp³-hybridized carbons (Fsp3) is 0.643. The Morgan fingerprint density at radius 1 is 1.33 bits per heavy atom. The molecule has 1 saturated heterocycles. The van der Waals surface area contributed by atoms with E-state index < -0.39 is 11.9 Å². The summed E-state index contributed by atoms with van der Waals surface area (Å²) in [5, 5.41) is 13.9. The first kappa shape index (κ1) is 14.4. The number of hydrogen-bond donors (Lipinski definition) is 1. The summed E-state index contributed by atoms with van der Waals surface area (Å²) in [6.45, 7) is 2.54. The van der Waals surface area contributed by atoms with Crippen LogP contribution in [0, 0.1) is 24.7 Å². The second-order valence-corrected chi connectivity index (χ2v) is 6.41. The van der Waals surface area contributed by atoms with Crippen molar-refractivity contribution in [3.05, 3.63) is 16.4 Å². The number of halogens is 1. The van der Waals surface area contributed by atoms with Crippen LogP contribution in [0.3, 0.4) is 0 Å². The first-order valence-corrected chi connectivity index (χ1v) is 7.49. The number of carbonyl (C=O) groups is 2. The molecular formula is C14H18ClN3O3. The highest BCUT2D eigenvalue weighted by molar-refractivity contribution is 6.34. The zero-order valence-electron chi connectivity index (χ0n) is 12.0. The maximum Gasteiger partial charge on any atom is 0.308 e. The van der Waals surface area contributed by atoms with Gasteiger partial charge in [-0.25, -0.2) is 0 Å². The fourth-order valence-corrected chi connectivity index (χ4v) is 3.37. The molecule has 1 saturated carbocycles. The second kappa shape index (κ2) is 5.02. The van der Waals surface area contributed by atoms with Crippen LogP contribution in [0.25, 0.3) is 0 Å². The zero-order chi connectivity index (χ0) is 15.3. The SMILES string of the molecule is Cc1c(Cl)c(C(=O)N2C[C@H](C(=O)O)[C@@H](C3CC3)C2)nn1C. The van der Waals surface area contributed by atoms with E-state index in [-0.39, 0.29) is 24.1 Å². The molecule has 2 heterocycles. The largest absolute Gasteiger partial charge is 0.481 e. The average Bonchev–Trinajstić information content (AvgIpc) is 3.14. The maximum absolute atomic E-state index is 12.6. The molecule has 2 aliphatic rings. The zero-order valence-corrected chi connectivity index (χ0v) is 12.8. The maximum atomic E-state index is 12.6. The lowest BCUT2D eigenvalue weighted by Crippen LogP contribution is -2.30. The van der Waals surface area contributed by atoms with E-state index >= 15 is 0 Å². The summed E-state index contributed by atoms with van der Waals surface area (Å²) in [6.07, 6.45) is 2.14. The van der Waals surface area contributed by atoms with E-state index in [1.54, 1.807) is 23.6 Å². The summed E-state index contributed by atoms with van der Waals surface area (Å²) in [5.41, 5.74) is 0.949. The number of likely N-dealkylation sites (tertiary alicyclic amines) is 1. The van der Waals surface area contributed by atoms with Crippen LogP contribution in [-0.2, 0) is 11.8 Å². The number of carboxylic acids is 1. The first-order chi connectivity index (χ1) is 9.90. The smallest absolute Gasteiger partial charge is 0.308 e. The van der Waals surface area contributed by atoms with Gasteiger partial charge in [0.15, 0.2) is 5.69 Å². The van der Waals surface area contributed by atoms with E-state index in [0.29, 0.717) is 17.5 Å². The molecule has 6 nitrogen and oxygen atoms in total. The Bertz CT molecular complexity index is 609. The molecule has 1 N–H and O–H groups in total. The Morgan fingerprint density at radius 3 is 2.48 bits per heavy atom. The number of aryl methyl sites for hydroxylation is 1. The third-order valence-corrected chi connectivity index (χ3v) is 5.11. The van der Waals surface area contributed by atoms with Crippen molar-refractivity contribution in [1.29, 1.82) is 0 Å². The van der Waals surface area contributed by atoms with Gasteiger partial charge in [0.2, 0.25) is 0 Å². The van der Waals surface area contributed by atoms with Crippen LogP contribution in [0.5, 0.6) is 0 Å². The van der Waals surface area contributed by atoms with Crippen molar-refractivity contribution in [2.75, 3.05) is 13.1 Å². The summed E-state index contributed by atoms with van der Waals surface area (Å²) in [4.78, 5) is 25.5. The van der Waals surface area contributed by atoms with Gasteiger partial charge in [-0.15, -0.1) is 0 Å². The third-order valence-electron chi connectivity index (χ3n) is 4.66. The van der Waals surface area contributed by atoms with Crippen molar-refractivity contribution in [2.24, 2.45) is 24.8 Å². The Labute approximate surface area is 127 Å². The number of nitrogens with zero attached hydrogens (tertiary/aromatic N) is 3. The molecule has 1 aromatic heterocycles. The van der Waals surface area contributed by atoms with Crippen molar-refractivity contribution in [2.45, 2.75) is 19.8 Å². The molecule has 7 heteroatoms. The van der Waals surface area contributed by atoms with Gasteiger partial charge in [-0.1, -0.05) is 11.6 Å². The molecule has 21 heavy (non-hydrogen) atoms. The number of rotatable bonds is 3. The van der Waals surface area contributed by atoms with E-state index in [2.05, 4.69) is 5.10 Å². The van der Waals surface area contributed by atoms with Crippen LogP contribution in [0.1, 0.15) is 29.0 Å². The topological polar surface area (TPSA) is 75.4 Å². The third kappa shape index (κ3) is 2.41. The van der Waals surface area contributed by atoms with Crippen LogP contribution >= 0.6 is 11.6 Å². The Morgan fingerprint density at radius 2 is 2.00 bits per heavy atom. The predicted molar refractivity (Wildman–Crippen MR) is 76.2 cm³/mol. The molecule has 1 aliphatic heterocycles. The molecule has 1 aromatic rings. The van der Waals surface area contributed by atoms with Gasteiger partial charge >= 0.3 is 5.97 Å². The minimum atomic E-state index is -0.814. The number of aromatic nitrogens is 2. The van der Waals surface area contributed by atoms with Crippen molar-refractivity contribution in [3.63, 3.8) is 0 Å². The Hall–Kier alpha value is -1.56. The number of amides is 1. The Balaban J connectivity index is 1.82. The van der Waals surface area contributed by atoms with Crippen LogP contribution in [0.15, 0.2) is 0 Å². The Kier molecular flexibility index (Phi) is 3.43. The van der Waals surface area contributed by atoms with E-state index in [9.17, 15) is 14.7 Å². The van der Waals surface area contributed by atoms with Gasteiger partial charge < -0.3 is 10.0 Å². The predicted octanol–water partition coefficient (Wildman–Crippen LogP) is 1.56. The van der Waals surface area contributed by atoms with Crippen molar-refractivity contribution >= 4 is 23.5 Å². The molecule has 0 aromatic carbocycles. The normalized spacial score (nSPS) is 25.4. The fourth-order valence-electron chi connectivity index (χ4n) is 3.13. The average molecular weight is 312 g/mol. The molecule has 3 rings (SSSR count). The molecule has 0 bridgehead atoms. The molecule has 1 aliphatic carbocycles. The number of hydrogen-bond acceptors (Lipinski definition) is 3. The molecular weight excluding hydrogens is 294 g/mol.